The van der Waals surface area contributed by atoms with Crippen LogP contribution in [0.25, 0.3) is 0 Å². The molecule has 1 aliphatic rings. The van der Waals surface area contributed by atoms with Crippen LogP contribution in [-0.4, -0.2) is 48.4 Å². The van der Waals surface area contributed by atoms with Gasteiger partial charge in [-0.1, -0.05) is 12.1 Å². The summed E-state index contributed by atoms with van der Waals surface area (Å²) in [5, 5.41) is 3.07. The van der Waals surface area contributed by atoms with E-state index in [9.17, 15) is 9.59 Å². The number of halogens is 1. The number of amides is 2. The number of carbonyl (C=O) groups excluding carboxylic acids is 2. The summed E-state index contributed by atoms with van der Waals surface area (Å²) < 4.78 is 6.05. The maximum absolute atomic E-state index is 12.1. The summed E-state index contributed by atoms with van der Waals surface area (Å²) in [5.41, 5.74) is 0. The van der Waals surface area contributed by atoms with Gasteiger partial charge in [0.25, 0.3) is 0 Å². The van der Waals surface area contributed by atoms with Gasteiger partial charge in [0.05, 0.1) is 6.61 Å². The molecule has 0 spiro atoms. The predicted molar refractivity (Wildman–Crippen MR) is 99.2 cm³/mol. The van der Waals surface area contributed by atoms with E-state index in [-0.39, 0.29) is 18.0 Å². The zero-order valence-corrected chi connectivity index (χ0v) is 16.2. The monoisotopic (exact) mass is 414 g/mol. The molecular weight excluding hydrogens is 392 g/mol. The first-order chi connectivity index (χ1) is 11.6. The van der Waals surface area contributed by atoms with Crippen LogP contribution >= 0.6 is 27.7 Å². The van der Waals surface area contributed by atoms with E-state index in [4.69, 9.17) is 4.74 Å². The Morgan fingerprint density at radius 2 is 2.04 bits per heavy atom. The van der Waals surface area contributed by atoms with E-state index >= 15 is 0 Å². The molecule has 1 aromatic carbocycles. The molecule has 0 saturated carbocycles. The Kier molecular flexibility index (Phi) is 7.91. The van der Waals surface area contributed by atoms with Crippen molar-refractivity contribution in [2.45, 2.75) is 37.1 Å². The predicted octanol–water partition coefficient (Wildman–Crippen LogP) is 3.67. The van der Waals surface area contributed by atoms with E-state index in [2.05, 4.69) is 21.2 Å². The van der Waals surface area contributed by atoms with E-state index in [0.717, 1.165) is 28.0 Å². The molecular formula is C17H23BrN2O3S. The number of thioether (sulfide) groups is 1. The van der Waals surface area contributed by atoms with Crippen LogP contribution in [0.3, 0.4) is 0 Å². The summed E-state index contributed by atoms with van der Waals surface area (Å²) in [6.45, 7) is 3.46. The van der Waals surface area contributed by atoms with Gasteiger partial charge in [0.15, 0.2) is 0 Å². The Bertz CT molecular complexity index is 563. The number of hydrogen-bond acceptors (Lipinski definition) is 4. The average Bonchev–Trinajstić information content (AvgIpc) is 2.57. The van der Waals surface area contributed by atoms with Crippen molar-refractivity contribution in [3.05, 3.63) is 28.7 Å². The molecule has 7 heteroatoms. The first-order valence-electron chi connectivity index (χ1n) is 8.18. The number of nitrogens with one attached hydrogen (secondary N) is 1. The molecule has 0 unspecified atom stereocenters. The van der Waals surface area contributed by atoms with Crippen LogP contribution in [0, 0.1) is 0 Å². The SMILES string of the molecule is CCOC(=O)N1CCC(NC(=O)CCSc2ccccc2Br)CC1. The van der Waals surface area contributed by atoms with Gasteiger partial charge in [-0.25, -0.2) is 4.79 Å². The van der Waals surface area contributed by atoms with Crippen LogP contribution in [0.5, 0.6) is 0 Å². The van der Waals surface area contributed by atoms with Crippen molar-refractivity contribution in [3.8, 4) is 0 Å². The molecule has 2 rings (SSSR count). The molecule has 1 saturated heterocycles. The Hall–Kier alpha value is -1.21. The molecule has 24 heavy (non-hydrogen) atoms. The van der Waals surface area contributed by atoms with Gasteiger partial charge in [0, 0.05) is 40.7 Å². The highest BCUT2D eigenvalue weighted by molar-refractivity contribution is 9.10. The molecule has 1 aliphatic heterocycles. The number of hydrogen-bond donors (Lipinski definition) is 1. The third-order valence-corrected chi connectivity index (χ3v) is 5.84. The Morgan fingerprint density at radius 1 is 1.33 bits per heavy atom. The molecule has 0 aliphatic carbocycles. The van der Waals surface area contributed by atoms with Crippen molar-refractivity contribution >= 4 is 39.7 Å². The van der Waals surface area contributed by atoms with E-state index in [1.165, 1.54) is 0 Å². The highest BCUT2D eigenvalue weighted by Crippen LogP contribution is 2.27. The summed E-state index contributed by atoms with van der Waals surface area (Å²) in [6.07, 6.45) is 1.79. The molecule has 1 aromatic rings. The normalized spacial score (nSPS) is 15.2. The van der Waals surface area contributed by atoms with Gasteiger partial charge in [-0.15, -0.1) is 11.8 Å². The fourth-order valence-electron chi connectivity index (χ4n) is 2.54. The van der Waals surface area contributed by atoms with Gasteiger partial charge in [-0.3, -0.25) is 4.79 Å². The summed E-state index contributed by atoms with van der Waals surface area (Å²) >= 11 is 5.18. The summed E-state index contributed by atoms with van der Waals surface area (Å²) in [5.74, 6) is 0.819. The fourth-order valence-corrected chi connectivity index (χ4v) is 4.05. The molecule has 2 amide bonds. The van der Waals surface area contributed by atoms with Crippen LogP contribution in [0.2, 0.25) is 0 Å². The van der Waals surface area contributed by atoms with Gasteiger partial charge in [-0.05, 0) is 47.8 Å². The third kappa shape index (κ3) is 6.02. The number of piperidine rings is 1. The maximum Gasteiger partial charge on any atom is 0.409 e. The van der Waals surface area contributed by atoms with Crippen molar-refractivity contribution in [1.29, 1.82) is 0 Å². The quantitative estimate of drug-likeness (QED) is 0.721. The van der Waals surface area contributed by atoms with Crippen molar-refractivity contribution in [3.63, 3.8) is 0 Å². The largest absolute Gasteiger partial charge is 0.450 e. The Morgan fingerprint density at radius 3 is 2.71 bits per heavy atom. The lowest BCUT2D eigenvalue weighted by Gasteiger charge is -2.31. The zero-order chi connectivity index (χ0) is 17.4. The minimum Gasteiger partial charge on any atom is -0.450 e. The van der Waals surface area contributed by atoms with E-state index < -0.39 is 0 Å². The van der Waals surface area contributed by atoms with Gasteiger partial charge >= 0.3 is 6.09 Å². The van der Waals surface area contributed by atoms with Crippen molar-refractivity contribution in [2.75, 3.05) is 25.4 Å². The zero-order valence-electron chi connectivity index (χ0n) is 13.8. The minimum atomic E-state index is -0.257. The van der Waals surface area contributed by atoms with Crippen molar-refractivity contribution in [1.82, 2.24) is 10.2 Å². The number of nitrogens with zero attached hydrogens (tertiary/aromatic N) is 1. The number of carbonyl (C=O) groups is 2. The molecule has 132 valence electrons. The maximum atomic E-state index is 12.1. The summed E-state index contributed by atoms with van der Waals surface area (Å²) in [7, 11) is 0. The summed E-state index contributed by atoms with van der Waals surface area (Å²) in [6, 6.07) is 8.16. The first-order valence-corrected chi connectivity index (χ1v) is 9.96. The number of rotatable bonds is 6. The van der Waals surface area contributed by atoms with Crippen LogP contribution in [0.1, 0.15) is 26.2 Å². The van der Waals surface area contributed by atoms with Crippen molar-refractivity contribution < 1.29 is 14.3 Å². The smallest absolute Gasteiger partial charge is 0.409 e. The Labute approximate surface area is 155 Å². The van der Waals surface area contributed by atoms with Gasteiger partial charge in [-0.2, -0.15) is 0 Å². The Balaban J connectivity index is 1.65. The van der Waals surface area contributed by atoms with E-state index in [1.807, 2.05) is 24.3 Å². The van der Waals surface area contributed by atoms with E-state index in [0.29, 0.717) is 26.1 Å². The number of benzene rings is 1. The molecule has 1 heterocycles. The lowest BCUT2D eigenvalue weighted by atomic mass is 10.1. The second-order valence-electron chi connectivity index (χ2n) is 5.56. The fraction of sp³-hybridized carbons (Fsp3) is 0.529. The minimum absolute atomic E-state index is 0.0733. The number of ether oxygens (including phenoxy) is 1. The summed E-state index contributed by atoms with van der Waals surface area (Å²) in [4.78, 5) is 26.6. The van der Waals surface area contributed by atoms with Gasteiger partial charge < -0.3 is 15.0 Å². The average molecular weight is 415 g/mol. The second kappa shape index (κ2) is 9.93. The molecule has 0 radical (unpaired) electrons. The lowest BCUT2D eigenvalue weighted by molar-refractivity contribution is -0.121. The third-order valence-electron chi connectivity index (χ3n) is 3.81. The topological polar surface area (TPSA) is 58.6 Å². The van der Waals surface area contributed by atoms with Gasteiger partial charge in [0.1, 0.15) is 0 Å². The van der Waals surface area contributed by atoms with Crippen LogP contribution < -0.4 is 5.32 Å². The van der Waals surface area contributed by atoms with Crippen LogP contribution in [-0.2, 0) is 9.53 Å². The molecule has 1 fully saturated rings. The molecule has 0 atom stereocenters. The number of likely N-dealkylation sites (tertiary alicyclic amines) is 1. The lowest BCUT2D eigenvalue weighted by Crippen LogP contribution is -2.46. The highest BCUT2D eigenvalue weighted by Gasteiger charge is 2.24. The molecule has 5 nitrogen and oxygen atoms in total. The first kappa shape index (κ1) is 19.1. The van der Waals surface area contributed by atoms with Gasteiger partial charge in [0.2, 0.25) is 5.91 Å². The second-order valence-corrected chi connectivity index (χ2v) is 7.55. The standard InChI is InChI=1S/C17H23BrN2O3S/c1-2-23-17(22)20-10-7-13(8-11-20)19-16(21)9-12-24-15-6-4-3-5-14(15)18/h3-6,13H,2,7-12H2,1H3,(H,19,21). The highest BCUT2D eigenvalue weighted by atomic mass is 79.9. The molecule has 0 aromatic heterocycles. The van der Waals surface area contributed by atoms with Crippen LogP contribution in [0.4, 0.5) is 4.79 Å². The van der Waals surface area contributed by atoms with Crippen LogP contribution in [0.15, 0.2) is 33.6 Å². The molecule has 0 bridgehead atoms. The molecule has 1 N–H and O–H groups in total. The van der Waals surface area contributed by atoms with Crippen molar-refractivity contribution in [2.24, 2.45) is 0 Å². The van der Waals surface area contributed by atoms with E-state index in [1.54, 1.807) is 23.6 Å².